The van der Waals surface area contributed by atoms with Crippen molar-refractivity contribution in [3.8, 4) is 0 Å². The first-order valence-corrected chi connectivity index (χ1v) is 9.22. The van der Waals surface area contributed by atoms with Crippen molar-refractivity contribution < 1.29 is 10.4 Å². The minimum absolute atomic E-state index is 0.193. The summed E-state index contributed by atoms with van der Waals surface area (Å²) in [5.41, 5.74) is 0.193. The molecule has 0 N–H and O–H groups in total. The Bertz CT molecular complexity index is 345. The van der Waals surface area contributed by atoms with E-state index >= 15 is 0 Å². The van der Waals surface area contributed by atoms with Gasteiger partial charge in [-0.25, -0.2) is 11.2 Å². The summed E-state index contributed by atoms with van der Waals surface area (Å²) in [7, 11) is -1.19. The van der Waals surface area contributed by atoms with E-state index in [-0.39, 0.29) is 11.3 Å². The SMILES string of the molecule is [2H]CC(COP(OCC[N+]#[C-])N(C(C)C)C(C)C)CC(C)(C)C. The minimum Gasteiger partial charge on any atom is -0.322 e. The fraction of sp³-hybridized carbons (Fsp3) is 0.941. The molecular weight excluding hydrogens is 295 g/mol. The van der Waals surface area contributed by atoms with E-state index < -0.39 is 8.53 Å². The summed E-state index contributed by atoms with van der Waals surface area (Å²) in [5.74, 6) is 0.214. The molecule has 5 heteroatoms. The molecule has 130 valence electrons. The van der Waals surface area contributed by atoms with Crippen LogP contribution in [-0.2, 0) is 9.05 Å². The molecule has 0 aromatic heterocycles. The molecule has 2 unspecified atom stereocenters. The molecule has 0 aliphatic carbocycles. The average molecular weight is 331 g/mol. The van der Waals surface area contributed by atoms with Crippen LogP contribution in [0.4, 0.5) is 0 Å². The van der Waals surface area contributed by atoms with Gasteiger partial charge in [0.1, 0.15) is 6.61 Å². The van der Waals surface area contributed by atoms with Crippen LogP contribution in [-0.4, -0.2) is 36.5 Å². The molecule has 0 spiro atoms. The molecule has 2 atom stereocenters. The normalized spacial score (nSPS) is 16.0. The first-order valence-electron chi connectivity index (χ1n) is 8.79. The molecule has 0 amide bonds. The van der Waals surface area contributed by atoms with E-state index in [1.54, 1.807) is 0 Å². The highest BCUT2D eigenvalue weighted by Crippen LogP contribution is 2.46. The number of hydrogen-bond acceptors (Lipinski definition) is 3. The van der Waals surface area contributed by atoms with E-state index in [1.807, 2.05) is 0 Å². The van der Waals surface area contributed by atoms with Crippen LogP contribution in [0.15, 0.2) is 0 Å². The third-order valence-corrected chi connectivity index (χ3v) is 5.05. The van der Waals surface area contributed by atoms with Gasteiger partial charge in [0.2, 0.25) is 6.54 Å². The molecule has 0 saturated heterocycles. The average Bonchev–Trinajstić information content (AvgIpc) is 2.40. The highest BCUT2D eigenvalue weighted by Gasteiger charge is 2.28. The van der Waals surface area contributed by atoms with Crippen molar-refractivity contribution in [3.63, 3.8) is 0 Å². The Balaban J connectivity index is 4.82. The van der Waals surface area contributed by atoms with Crippen LogP contribution in [0.5, 0.6) is 0 Å². The molecule has 4 nitrogen and oxygen atoms in total. The van der Waals surface area contributed by atoms with Gasteiger partial charge in [-0.15, -0.1) is 0 Å². The predicted octanol–water partition coefficient (Wildman–Crippen LogP) is 5.36. The van der Waals surface area contributed by atoms with Crippen molar-refractivity contribution in [2.24, 2.45) is 11.3 Å². The highest BCUT2D eigenvalue weighted by atomic mass is 31.2. The molecule has 0 aromatic rings. The van der Waals surface area contributed by atoms with Gasteiger partial charge >= 0.3 is 0 Å². The second-order valence-electron chi connectivity index (χ2n) is 7.45. The fourth-order valence-corrected chi connectivity index (χ4v) is 4.07. The van der Waals surface area contributed by atoms with E-state index in [0.717, 1.165) is 6.42 Å². The molecule has 0 saturated carbocycles. The van der Waals surface area contributed by atoms with Crippen LogP contribution in [0.25, 0.3) is 4.85 Å². The maximum absolute atomic E-state index is 7.76. The van der Waals surface area contributed by atoms with Crippen molar-refractivity contribution in [1.29, 1.82) is 0 Å². The Labute approximate surface area is 140 Å². The lowest BCUT2D eigenvalue weighted by Gasteiger charge is -2.36. The van der Waals surface area contributed by atoms with Crippen LogP contribution >= 0.6 is 8.53 Å². The summed E-state index contributed by atoms with van der Waals surface area (Å²) in [6, 6.07) is 0.622. The van der Waals surface area contributed by atoms with E-state index in [9.17, 15) is 0 Å². The van der Waals surface area contributed by atoms with Crippen LogP contribution in [0.3, 0.4) is 0 Å². The van der Waals surface area contributed by atoms with E-state index in [1.165, 1.54) is 0 Å². The molecule has 0 rings (SSSR count). The van der Waals surface area contributed by atoms with E-state index in [2.05, 4.69) is 58.0 Å². The smallest absolute Gasteiger partial charge is 0.259 e. The van der Waals surface area contributed by atoms with Crippen molar-refractivity contribution in [2.45, 2.75) is 73.9 Å². The molecule has 0 aliphatic rings. The first kappa shape index (κ1) is 19.8. The van der Waals surface area contributed by atoms with Gasteiger partial charge in [-0.1, -0.05) is 27.7 Å². The Kier molecular flexibility index (Phi) is 9.52. The third kappa shape index (κ3) is 9.74. The van der Waals surface area contributed by atoms with Crippen LogP contribution < -0.4 is 0 Å². The van der Waals surface area contributed by atoms with Crippen molar-refractivity contribution in [2.75, 3.05) is 19.8 Å². The van der Waals surface area contributed by atoms with Crippen LogP contribution in [0.2, 0.25) is 0 Å². The molecule has 0 aliphatic heterocycles. The lowest BCUT2D eigenvalue weighted by Crippen LogP contribution is -2.34. The quantitative estimate of drug-likeness (QED) is 0.306. The monoisotopic (exact) mass is 331 g/mol. The van der Waals surface area contributed by atoms with Gasteiger partial charge in [-0.3, -0.25) is 0 Å². The molecule has 0 bridgehead atoms. The molecule has 0 aromatic carbocycles. The largest absolute Gasteiger partial charge is 0.322 e. The molecule has 0 radical (unpaired) electrons. The highest BCUT2D eigenvalue weighted by molar-refractivity contribution is 7.44. The maximum atomic E-state index is 7.76. The summed E-state index contributed by atoms with van der Waals surface area (Å²) in [4.78, 5) is 3.35. The summed E-state index contributed by atoms with van der Waals surface area (Å²) in [6.07, 6.45) is 0.963. The number of rotatable bonds is 10. The summed E-state index contributed by atoms with van der Waals surface area (Å²) >= 11 is 0. The van der Waals surface area contributed by atoms with Gasteiger partial charge < -0.3 is 13.9 Å². The standard InChI is InChI=1S/C17H35N2O2P/c1-14(2)19(15(3)4)22(20-11-10-18-9)21-13-16(5)12-17(6,7)8/h14-16H,10-13H2,1-8H3/i5D. The van der Waals surface area contributed by atoms with Gasteiger partial charge in [-0.05, 0) is 45.4 Å². The number of nitrogens with zero attached hydrogens (tertiary/aromatic N) is 2. The van der Waals surface area contributed by atoms with Gasteiger partial charge in [0.05, 0.1) is 6.61 Å². The first-order chi connectivity index (χ1) is 10.6. The maximum Gasteiger partial charge on any atom is 0.259 e. The van der Waals surface area contributed by atoms with E-state index in [4.69, 9.17) is 17.0 Å². The second kappa shape index (κ2) is 10.6. The molecule has 22 heavy (non-hydrogen) atoms. The zero-order valence-corrected chi connectivity index (χ0v) is 16.3. The zero-order chi connectivity index (χ0) is 18.0. The molecule has 0 fully saturated rings. The van der Waals surface area contributed by atoms with Crippen molar-refractivity contribution in [3.05, 3.63) is 11.4 Å². The Hall–Kier alpha value is -0.200. The van der Waals surface area contributed by atoms with Gasteiger partial charge in [0, 0.05) is 13.5 Å². The number of hydrogen-bond donors (Lipinski definition) is 0. The fourth-order valence-electron chi connectivity index (χ4n) is 2.40. The second-order valence-corrected chi connectivity index (χ2v) is 8.90. The molecular formula is C17H35N2O2P. The lowest BCUT2D eigenvalue weighted by atomic mass is 9.86. The van der Waals surface area contributed by atoms with Gasteiger partial charge in [0.15, 0.2) is 0 Å². The Morgan fingerprint density at radius 2 is 1.77 bits per heavy atom. The van der Waals surface area contributed by atoms with Crippen molar-refractivity contribution in [1.82, 2.24) is 4.67 Å². The van der Waals surface area contributed by atoms with Gasteiger partial charge in [-0.2, -0.15) is 0 Å². The lowest BCUT2D eigenvalue weighted by molar-refractivity contribution is 0.149. The van der Waals surface area contributed by atoms with Crippen molar-refractivity contribution >= 4 is 8.53 Å². The van der Waals surface area contributed by atoms with E-state index in [0.29, 0.717) is 38.7 Å². The summed E-state index contributed by atoms with van der Waals surface area (Å²) in [6.45, 7) is 23.7. The zero-order valence-electron chi connectivity index (χ0n) is 16.4. The topological polar surface area (TPSA) is 26.1 Å². The Morgan fingerprint density at radius 3 is 2.18 bits per heavy atom. The van der Waals surface area contributed by atoms with Gasteiger partial charge in [0.25, 0.3) is 8.53 Å². The summed E-state index contributed by atoms with van der Waals surface area (Å²) in [5, 5.41) is 0. The molecule has 0 heterocycles. The van der Waals surface area contributed by atoms with Crippen LogP contribution in [0.1, 0.15) is 63.2 Å². The summed E-state index contributed by atoms with van der Waals surface area (Å²) < 4.78 is 22.0. The van der Waals surface area contributed by atoms with Crippen LogP contribution in [0, 0.1) is 17.9 Å². The minimum atomic E-state index is -1.19. The Morgan fingerprint density at radius 1 is 1.18 bits per heavy atom. The third-order valence-electron chi connectivity index (χ3n) is 2.97. The predicted molar refractivity (Wildman–Crippen MR) is 95.6 cm³/mol.